The monoisotopic (exact) mass is 278 g/mol. The summed E-state index contributed by atoms with van der Waals surface area (Å²) in [6, 6.07) is 16.1. The summed E-state index contributed by atoms with van der Waals surface area (Å²) in [6.07, 6.45) is 0. The Kier molecular flexibility index (Phi) is 4.80. The Balaban J connectivity index is 0.000000181. The van der Waals surface area contributed by atoms with Crippen LogP contribution in [0.5, 0.6) is 0 Å². The van der Waals surface area contributed by atoms with Gasteiger partial charge in [0, 0.05) is 9.90 Å². The second-order valence-electron chi connectivity index (χ2n) is 3.28. The first-order valence-corrected chi connectivity index (χ1v) is 7.33. The average Bonchev–Trinajstić information content (AvgIpc) is 3.06. The number of thiophene rings is 2. The molecule has 0 saturated heterocycles. The molecular weight excluding hydrogens is 268 g/mol. The van der Waals surface area contributed by atoms with Gasteiger partial charge in [0.25, 0.3) is 0 Å². The normalized spacial score (nSPS) is 9.47. The number of hydrogen-bond acceptors (Lipinski definition) is 2. The van der Waals surface area contributed by atoms with Gasteiger partial charge in [0.05, 0.1) is 0 Å². The molecule has 17 heavy (non-hydrogen) atoms. The standard InChI is InChI=1S/C10H7ClS.C4H4S/c11-9-5-3-8(4-6-9)10-2-1-7-12-10;1-2-4-5-3-1/h1-7H;1-4H. The SMILES string of the molecule is Clc1ccc(-c2cccs2)cc1.c1ccsc1. The molecule has 0 spiro atoms. The Morgan fingerprint density at radius 1 is 0.765 bits per heavy atom. The molecule has 3 rings (SSSR count). The second-order valence-corrected chi connectivity index (χ2v) is 5.48. The summed E-state index contributed by atoms with van der Waals surface area (Å²) in [5.41, 5.74) is 1.23. The summed E-state index contributed by atoms with van der Waals surface area (Å²) in [5, 5.41) is 6.94. The fraction of sp³-hybridized carbons (Fsp3) is 0. The van der Waals surface area contributed by atoms with E-state index < -0.39 is 0 Å². The molecule has 0 radical (unpaired) electrons. The van der Waals surface area contributed by atoms with Gasteiger partial charge in [-0.1, -0.05) is 41.9 Å². The van der Waals surface area contributed by atoms with E-state index in [0.717, 1.165) is 5.02 Å². The van der Waals surface area contributed by atoms with Gasteiger partial charge in [0.2, 0.25) is 0 Å². The van der Waals surface area contributed by atoms with Gasteiger partial charge >= 0.3 is 0 Å². The molecule has 2 heterocycles. The Bertz CT molecular complexity index is 493. The van der Waals surface area contributed by atoms with Crippen LogP contribution < -0.4 is 0 Å². The van der Waals surface area contributed by atoms with Gasteiger partial charge in [-0.25, -0.2) is 0 Å². The molecule has 0 amide bonds. The van der Waals surface area contributed by atoms with Crippen LogP contribution in [0.3, 0.4) is 0 Å². The molecule has 0 N–H and O–H groups in total. The molecule has 1 aromatic carbocycles. The Morgan fingerprint density at radius 2 is 1.47 bits per heavy atom. The van der Waals surface area contributed by atoms with E-state index in [-0.39, 0.29) is 0 Å². The zero-order chi connectivity index (χ0) is 11.9. The fourth-order valence-electron chi connectivity index (χ4n) is 1.28. The smallest absolute Gasteiger partial charge is 0.0406 e. The minimum absolute atomic E-state index is 0.787. The number of benzene rings is 1. The summed E-state index contributed by atoms with van der Waals surface area (Å²) in [4.78, 5) is 1.28. The summed E-state index contributed by atoms with van der Waals surface area (Å²) in [7, 11) is 0. The lowest BCUT2D eigenvalue weighted by Crippen LogP contribution is -1.69. The molecule has 0 aliphatic carbocycles. The van der Waals surface area contributed by atoms with Crippen LogP contribution in [0.25, 0.3) is 10.4 Å². The number of rotatable bonds is 1. The van der Waals surface area contributed by atoms with Gasteiger partial charge in [-0.05, 0) is 39.9 Å². The third-order valence-corrected chi connectivity index (χ3v) is 3.87. The van der Waals surface area contributed by atoms with Crippen LogP contribution in [0.4, 0.5) is 0 Å². The van der Waals surface area contributed by atoms with Crippen LogP contribution in [-0.4, -0.2) is 0 Å². The number of hydrogen-bond donors (Lipinski definition) is 0. The first-order valence-electron chi connectivity index (χ1n) is 5.13. The molecule has 0 saturated carbocycles. The Morgan fingerprint density at radius 3 is 1.94 bits per heavy atom. The third-order valence-electron chi connectivity index (χ3n) is 2.08. The molecular formula is C14H11ClS2. The van der Waals surface area contributed by atoms with Crippen LogP contribution in [-0.2, 0) is 0 Å². The van der Waals surface area contributed by atoms with Crippen molar-refractivity contribution in [2.24, 2.45) is 0 Å². The van der Waals surface area contributed by atoms with Crippen molar-refractivity contribution < 1.29 is 0 Å². The average molecular weight is 279 g/mol. The van der Waals surface area contributed by atoms with Crippen molar-refractivity contribution in [1.29, 1.82) is 0 Å². The Hall–Kier alpha value is -1.09. The second kappa shape index (κ2) is 6.60. The van der Waals surface area contributed by atoms with E-state index in [9.17, 15) is 0 Å². The van der Waals surface area contributed by atoms with E-state index >= 15 is 0 Å². The Labute approximate surface area is 114 Å². The van der Waals surface area contributed by atoms with Crippen molar-refractivity contribution in [2.75, 3.05) is 0 Å². The molecule has 2 aromatic heterocycles. The first-order chi connectivity index (χ1) is 8.36. The summed E-state index contributed by atoms with van der Waals surface area (Å²) < 4.78 is 0. The lowest BCUT2D eigenvalue weighted by atomic mass is 10.2. The van der Waals surface area contributed by atoms with Crippen molar-refractivity contribution in [2.45, 2.75) is 0 Å². The van der Waals surface area contributed by atoms with Gasteiger partial charge in [-0.15, -0.1) is 11.3 Å². The lowest BCUT2D eigenvalue weighted by molar-refractivity contribution is 1.70. The van der Waals surface area contributed by atoms with Crippen molar-refractivity contribution in [3.8, 4) is 10.4 Å². The molecule has 0 aliphatic heterocycles. The summed E-state index contributed by atoms with van der Waals surface area (Å²) in [5.74, 6) is 0. The molecule has 0 unspecified atom stereocenters. The quantitative estimate of drug-likeness (QED) is 0.526. The predicted octanol–water partition coefficient (Wildman–Crippen LogP) is 5.82. The molecule has 0 atom stereocenters. The highest BCUT2D eigenvalue weighted by molar-refractivity contribution is 7.13. The zero-order valence-corrected chi connectivity index (χ0v) is 11.4. The molecule has 86 valence electrons. The van der Waals surface area contributed by atoms with Gasteiger partial charge in [-0.3, -0.25) is 0 Å². The maximum absolute atomic E-state index is 5.78. The molecule has 0 aliphatic rings. The predicted molar refractivity (Wildman–Crippen MR) is 79.1 cm³/mol. The van der Waals surface area contributed by atoms with E-state index in [4.69, 9.17) is 11.6 Å². The van der Waals surface area contributed by atoms with E-state index in [1.165, 1.54) is 10.4 Å². The van der Waals surface area contributed by atoms with Crippen molar-refractivity contribution in [3.63, 3.8) is 0 Å². The van der Waals surface area contributed by atoms with Crippen molar-refractivity contribution >= 4 is 34.3 Å². The van der Waals surface area contributed by atoms with Gasteiger partial charge in [-0.2, -0.15) is 11.3 Å². The largest absolute Gasteiger partial charge is 0.152 e. The van der Waals surface area contributed by atoms with E-state index in [2.05, 4.69) is 17.5 Å². The highest BCUT2D eigenvalue weighted by atomic mass is 35.5. The van der Waals surface area contributed by atoms with E-state index in [0.29, 0.717) is 0 Å². The molecule has 0 bridgehead atoms. The first kappa shape index (κ1) is 12.4. The lowest BCUT2D eigenvalue weighted by Gasteiger charge is -1.95. The van der Waals surface area contributed by atoms with Crippen LogP contribution in [0, 0.1) is 0 Å². The molecule has 0 nitrogen and oxygen atoms in total. The van der Waals surface area contributed by atoms with Gasteiger partial charge < -0.3 is 0 Å². The highest BCUT2D eigenvalue weighted by Gasteiger charge is 1.96. The van der Waals surface area contributed by atoms with Crippen LogP contribution >= 0.6 is 34.3 Å². The van der Waals surface area contributed by atoms with Crippen molar-refractivity contribution in [1.82, 2.24) is 0 Å². The van der Waals surface area contributed by atoms with E-state index in [1.807, 2.05) is 47.2 Å². The highest BCUT2D eigenvalue weighted by Crippen LogP contribution is 2.25. The molecule has 0 fully saturated rings. The topological polar surface area (TPSA) is 0 Å². The molecule has 3 heteroatoms. The fourth-order valence-corrected chi connectivity index (χ4v) is 2.60. The van der Waals surface area contributed by atoms with Crippen molar-refractivity contribution in [3.05, 3.63) is 69.7 Å². The van der Waals surface area contributed by atoms with Crippen LogP contribution in [0.1, 0.15) is 0 Å². The molecule has 3 aromatic rings. The third kappa shape index (κ3) is 4.00. The van der Waals surface area contributed by atoms with Crippen LogP contribution in [0.15, 0.2) is 64.7 Å². The maximum Gasteiger partial charge on any atom is 0.0406 e. The minimum Gasteiger partial charge on any atom is -0.152 e. The maximum atomic E-state index is 5.78. The van der Waals surface area contributed by atoms with Gasteiger partial charge in [0.1, 0.15) is 0 Å². The minimum atomic E-state index is 0.787. The van der Waals surface area contributed by atoms with Gasteiger partial charge in [0.15, 0.2) is 0 Å². The van der Waals surface area contributed by atoms with E-state index in [1.54, 1.807) is 22.7 Å². The number of halogens is 1. The summed E-state index contributed by atoms with van der Waals surface area (Å²) in [6.45, 7) is 0. The van der Waals surface area contributed by atoms with Crippen LogP contribution in [0.2, 0.25) is 5.02 Å². The summed E-state index contributed by atoms with van der Waals surface area (Å²) >= 11 is 9.23. The zero-order valence-electron chi connectivity index (χ0n) is 9.05.